The van der Waals surface area contributed by atoms with Crippen molar-refractivity contribution in [1.29, 1.82) is 0 Å². The van der Waals surface area contributed by atoms with Crippen LogP contribution in [0.5, 0.6) is 5.75 Å². The van der Waals surface area contributed by atoms with Gasteiger partial charge in [-0.15, -0.1) is 0 Å². The smallest absolute Gasteiger partial charge is 0.320 e. The molecule has 0 saturated carbocycles. The summed E-state index contributed by atoms with van der Waals surface area (Å²) >= 11 is 0. The summed E-state index contributed by atoms with van der Waals surface area (Å²) in [6.45, 7) is 1.59. The van der Waals surface area contributed by atoms with Gasteiger partial charge in [-0.3, -0.25) is 5.32 Å². The number of aliphatic hydroxyl groups excluding tert-OH is 1. The summed E-state index contributed by atoms with van der Waals surface area (Å²) in [6.07, 6.45) is -0.937. The van der Waals surface area contributed by atoms with Crippen LogP contribution in [-0.2, 0) is 0 Å². The van der Waals surface area contributed by atoms with Gasteiger partial charge in [-0.1, -0.05) is 11.2 Å². The van der Waals surface area contributed by atoms with E-state index in [1.54, 1.807) is 19.1 Å². The number of nitrogens with one attached hydrogen (secondary N) is 2. The van der Waals surface area contributed by atoms with E-state index in [-0.39, 0.29) is 19.0 Å². The van der Waals surface area contributed by atoms with Gasteiger partial charge in [0.1, 0.15) is 30.0 Å². The molecule has 22 heavy (non-hydrogen) atoms. The van der Waals surface area contributed by atoms with Crippen LogP contribution in [-0.4, -0.2) is 35.5 Å². The van der Waals surface area contributed by atoms with E-state index < -0.39 is 18.0 Å². The Hall–Kier alpha value is -2.61. The maximum atomic E-state index is 12.9. The third kappa shape index (κ3) is 5.06. The van der Waals surface area contributed by atoms with Crippen molar-refractivity contribution in [3.05, 3.63) is 41.9 Å². The Labute approximate surface area is 126 Å². The molecule has 0 spiro atoms. The summed E-state index contributed by atoms with van der Waals surface area (Å²) in [4.78, 5) is 11.5. The van der Waals surface area contributed by atoms with Crippen LogP contribution in [0.1, 0.15) is 5.76 Å². The van der Waals surface area contributed by atoms with Crippen LogP contribution in [0.25, 0.3) is 0 Å². The minimum absolute atomic E-state index is 0.0298. The highest BCUT2D eigenvalue weighted by molar-refractivity contribution is 5.88. The van der Waals surface area contributed by atoms with Gasteiger partial charge in [0.25, 0.3) is 0 Å². The van der Waals surface area contributed by atoms with Gasteiger partial charge in [-0.2, -0.15) is 0 Å². The molecular formula is C14H16FN3O4. The Morgan fingerprint density at radius 1 is 1.50 bits per heavy atom. The molecule has 7 nitrogen and oxygen atoms in total. The molecular weight excluding hydrogens is 293 g/mol. The van der Waals surface area contributed by atoms with E-state index in [9.17, 15) is 14.3 Å². The zero-order valence-electron chi connectivity index (χ0n) is 11.9. The number of aryl methyl sites for hydroxylation is 1. The molecule has 0 unspecified atom stereocenters. The summed E-state index contributed by atoms with van der Waals surface area (Å²) in [5.74, 6) is 0.730. The number of ether oxygens (including phenoxy) is 1. The normalized spacial score (nSPS) is 11.8. The van der Waals surface area contributed by atoms with Crippen LogP contribution in [0.2, 0.25) is 0 Å². The van der Waals surface area contributed by atoms with Gasteiger partial charge >= 0.3 is 6.03 Å². The van der Waals surface area contributed by atoms with Crippen LogP contribution in [0.3, 0.4) is 0 Å². The summed E-state index contributed by atoms with van der Waals surface area (Å²) < 4.78 is 22.9. The fraction of sp³-hybridized carbons (Fsp3) is 0.286. The van der Waals surface area contributed by atoms with E-state index in [4.69, 9.17) is 9.26 Å². The number of amides is 2. The van der Waals surface area contributed by atoms with E-state index in [2.05, 4.69) is 15.8 Å². The molecule has 0 aliphatic rings. The fourth-order valence-electron chi connectivity index (χ4n) is 1.60. The molecule has 0 fully saturated rings. The van der Waals surface area contributed by atoms with E-state index in [0.29, 0.717) is 11.5 Å². The van der Waals surface area contributed by atoms with Crippen LogP contribution in [0.15, 0.2) is 34.9 Å². The van der Waals surface area contributed by atoms with Crippen LogP contribution in [0, 0.1) is 12.7 Å². The molecule has 2 amide bonds. The molecule has 0 radical (unpaired) electrons. The molecule has 1 heterocycles. The van der Waals surface area contributed by atoms with Crippen molar-refractivity contribution >= 4 is 11.8 Å². The van der Waals surface area contributed by atoms with E-state index in [1.807, 2.05) is 0 Å². The number of nitrogens with zero attached hydrogens (tertiary/aromatic N) is 1. The largest absolute Gasteiger partial charge is 0.491 e. The lowest BCUT2D eigenvalue weighted by Gasteiger charge is -2.13. The predicted octanol–water partition coefficient (Wildman–Crippen LogP) is 1.68. The molecule has 118 valence electrons. The molecule has 1 aromatic heterocycles. The highest BCUT2D eigenvalue weighted by Gasteiger charge is 2.10. The van der Waals surface area contributed by atoms with Crippen LogP contribution >= 0.6 is 0 Å². The number of aliphatic hydroxyl groups is 1. The maximum absolute atomic E-state index is 12.9. The Balaban J connectivity index is 1.68. The first-order chi connectivity index (χ1) is 10.5. The number of benzene rings is 1. The minimum Gasteiger partial charge on any atom is -0.491 e. The van der Waals surface area contributed by atoms with Gasteiger partial charge < -0.3 is 19.7 Å². The first kappa shape index (κ1) is 15.8. The third-order valence-electron chi connectivity index (χ3n) is 2.61. The van der Waals surface area contributed by atoms with E-state index in [1.165, 1.54) is 18.2 Å². The van der Waals surface area contributed by atoms with E-state index >= 15 is 0 Å². The Morgan fingerprint density at radius 2 is 2.32 bits per heavy atom. The number of anilines is 1. The topological polar surface area (TPSA) is 96.6 Å². The Kier molecular flexibility index (Phi) is 5.31. The van der Waals surface area contributed by atoms with Crippen LogP contribution < -0.4 is 15.4 Å². The van der Waals surface area contributed by atoms with Crippen molar-refractivity contribution in [2.24, 2.45) is 0 Å². The Morgan fingerprint density at radius 3 is 3.00 bits per heavy atom. The van der Waals surface area contributed by atoms with E-state index in [0.717, 1.165) is 0 Å². The van der Waals surface area contributed by atoms with Gasteiger partial charge in [0.05, 0.1) is 0 Å². The second-order valence-corrected chi connectivity index (χ2v) is 4.58. The van der Waals surface area contributed by atoms with Crippen molar-refractivity contribution in [3.63, 3.8) is 0 Å². The third-order valence-corrected chi connectivity index (χ3v) is 2.61. The van der Waals surface area contributed by atoms with Gasteiger partial charge in [0.15, 0.2) is 5.82 Å². The van der Waals surface area contributed by atoms with Crippen molar-refractivity contribution in [2.75, 3.05) is 18.5 Å². The molecule has 8 heteroatoms. The van der Waals surface area contributed by atoms with Crippen molar-refractivity contribution in [2.45, 2.75) is 13.0 Å². The predicted molar refractivity (Wildman–Crippen MR) is 76.2 cm³/mol. The number of hydrogen-bond donors (Lipinski definition) is 3. The quantitative estimate of drug-likeness (QED) is 0.754. The number of hydrogen-bond acceptors (Lipinski definition) is 5. The summed E-state index contributed by atoms with van der Waals surface area (Å²) in [5, 5.41) is 18.2. The summed E-state index contributed by atoms with van der Waals surface area (Å²) in [5.41, 5.74) is 0. The highest BCUT2D eigenvalue weighted by Crippen LogP contribution is 2.12. The highest BCUT2D eigenvalue weighted by atomic mass is 19.1. The number of carbonyl (C=O) groups excluding carboxylic acids is 1. The molecule has 2 aromatic rings. The number of halogens is 1. The van der Waals surface area contributed by atoms with Crippen molar-refractivity contribution in [3.8, 4) is 5.75 Å². The lowest BCUT2D eigenvalue weighted by molar-refractivity contribution is 0.108. The minimum atomic E-state index is -0.937. The van der Waals surface area contributed by atoms with Crippen molar-refractivity contribution < 1.29 is 23.6 Å². The number of urea groups is 1. The average molecular weight is 309 g/mol. The average Bonchev–Trinajstić information content (AvgIpc) is 2.88. The fourth-order valence-corrected chi connectivity index (χ4v) is 1.60. The van der Waals surface area contributed by atoms with Gasteiger partial charge in [-0.25, -0.2) is 9.18 Å². The number of aromatic nitrogens is 1. The van der Waals surface area contributed by atoms with Crippen LogP contribution in [0.4, 0.5) is 15.0 Å². The monoisotopic (exact) mass is 309 g/mol. The molecule has 1 atom stereocenters. The van der Waals surface area contributed by atoms with Gasteiger partial charge in [0.2, 0.25) is 0 Å². The second kappa shape index (κ2) is 7.41. The first-order valence-electron chi connectivity index (χ1n) is 6.57. The first-order valence-corrected chi connectivity index (χ1v) is 6.57. The maximum Gasteiger partial charge on any atom is 0.320 e. The molecule has 2 rings (SSSR count). The lowest BCUT2D eigenvalue weighted by Crippen LogP contribution is -2.37. The lowest BCUT2D eigenvalue weighted by atomic mass is 10.3. The SMILES string of the molecule is Cc1cc(NC(=O)NC[C@H](O)COc2cccc(F)c2)no1. The molecule has 3 N–H and O–H groups in total. The molecule has 0 aliphatic heterocycles. The molecule has 1 aromatic carbocycles. The number of carbonyl (C=O) groups is 1. The van der Waals surface area contributed by atoms with Crippen molar-refractivity contribution in [1.82, 2.24) is 10.5 Å². The second-order valence-electron chi connectivity index (χ2n) is 4.58. The molecule has 0 saturated heterocycles. The van der Waals surface area contributed by atoms with Gasteiger partial charge in [-0.05, 0) is 19.1 Å². The zero-order chi connectivity index (χ0) is 15.9. The standard InChI is InChI=1S/C14H16FN3O4/c1-9-5-13(18-22-9)17-14(20)16-7-11(19)8-21-12-4-2-3-10(15)6-12/h2-6,11,19H,7-8H2,1H3,(H2,16,17,18,20)/t11-/m0/s1. The molecule has 0 aliphatic carbocycles. The summed E-state index contributed by atoms with van der Waals surface area (Å²) in [6, 6.07) is 6.60. The Bertz CT molecular complexity index is 632. The zero-order valence-corrected chi connectivity index (χ0v) is 11.9. The molecule has 0 bridgehead atoms. The van der Waals surface area contributed by atoms with Gasteiger partial charge in [0, 0.05) is 18.7 Å². The summed E-state index contributed by atoms with van der Waals surface area (Å²) in [7, 11) is 0. The number of rotatable bonds is 6.